The van der Waals surface area contributed by atoms with Crippen LogP contribution in [0.1, 0.15) is 19.4 Å². The first-order valence-corrected chi connectivity index (χ1v) is 5.81. The molecule has 5 heteroatoms. The molecule has 88 valence electrons. The van der Waals surface area contributed by atoms with Crippen LogP contribution in [0.25, 0.3) is 0 Å². The Kier molecular flexibility index (Phi) is 7.96. The fourth-order valence-corrected chi connectivity index (χ4v) is 1.50. The fraction of sp³-hybridized carbons (Fsp3) is 0.333. The van der Waals surface area contributed by atoms with Crippen molar-refractivity contribution in [3.05, 3.63) is 34.3 Å². The zero-order valence-electron chi connectivity index (χ0n) is 9.22. The molecular formula is C12H15BrNNaO2. The third kappa shape index (κ3) is 5.82. The first-order valence-electron chi connectivity index (χ1n) is 5.02. The minimum atomic E-state index is -0.886. The van der Waals surface area contributed by atoms with Crippen molar-refractivity contribution in [1.82, 2.24) is 0 Å². The van der Waals surface area contributed by atoms with Crippen LogP contribution in [0.3, 0.4) is 0 Å². The Morgan fingerprint density at radius 2 is 1.88 bits per heavy atom. The van der Waals surface area contributed by atoms with Gasteiger partial charge in [-0.2, -0.15) is 0 Å². The summed E-state index contributed by atoms with van der Waals surface area (Å²) < 4.78 is 0.989. The van der Waals surface area contributed by atoms with Gasteiger partial charge in [0.2, 0.25) is 0 Å². The van der Waals surface area contributed by atoms with E-state index in [4.69, 9.17) is 5.11 Å². The minimum absolute atomic E-state index is 0. The van der Waals surface area contributed by atoms with E-state index in [-0.39, 0.29) is 35.5 Å². The van der Waals surface area contributed by atoms with Gasteiger partial charge in [0.05, 0.1) is 0 Å². The van der Waals surface area contributed by atoms with E-state index in [9.17, 15) is 4.79 Å². The SMILES string of the molecule is CC(C)C(N=Cc1ccc(Br)cc1)C(=O)O.[NaH]. The molecule has 1 aromatic carbocycles. The van der Waals surface area contributed by atoms with Crippen LogP contribution >= 0.6 is 15.9 Å². The first kappa shape index (κ1) is 16.8. The number of halogens is 1. The normalized spacial score (nSPS) is 12.5. The zero-order chi connectivity index (χ0) is 12.1. The molecule has 0 heterocycles. The molecule has 0 saturated heterocycles. The number of nitrogens with zero attached hydrogens (tertiary/aromatic N) is 1. The number of benzene rings is 1. The van der Waals surface area contributed by atoms with Crippen molar-refractivity contribution in [1.29, 1.82) is 0 Å². The fourth-order valence-electron chi connectivity index (χ4n) is 1.24. The third-order valence-corrected chi connectivity index (χ3v) is 2.67. The molecule has 0 spiro atoms. The molecule has 3 nitrogen and oxygen atoms in total. The molecule has 1 aromatic rings. The molecule has 1 unspecified atom stereocenters. The molecular weight excluding hydrogens is 293 g/mol. The first-order chi connectivity index (χ1) is 7.50. The summed E-state index contributed by atoms with van der Waals surface area (Å²) >= 11 is 3.33. The number of rotatable bonds is 4. The van der Waals surface area contributed by atoms with Crippen LogP contribution in [-0.4, -0.2) is 52.9 Å². The summed E-state index contributed by atoms with van der Waals surface area (Å²) in [6, 6.07) is 6.88. The molecule has 1 N–H and O–H groups in total. The Labute approximate surface area is 132 Å². The number of aliphatic imine (C=N–C) groups is 1. The summed E-state index contributed by atoms with van der Waals surface area (Å²) in [5, 5.41) is 8.94. The van der Waals surface area contributed by atoms with Crippen LogP contribution < -0.4 is 0 Å². The van der Waals surface area contributed by atoms with Gasteiger partial charge in [-0.25, -0.2) is 4.79 Å². The van der Waals surface area contributed by atoms with Gasteiger partial charge in [-0.05, 0) is 23.6 Å². The van der Waals surface area contributed by atoms with Crippen LogP contribution in [0.2, 0.25) is 0 Å². The second kappa shape index (κ2) is 8.03. The molecule has 0 fully saturated rings. The number of carboxylic acid groups (broad SMARTS) is 1. The van der Waals surface area contributed by atoms with E-state index < -0.39 is 12.0 Å². The van der Waals surface area contributed by atoms with Gasteiger partial charge in [-0.3, -0.25) is 4.99 Å². The van der Waals surface area contributed by atoms with Crippen molar-refractivity contribution in [2.75, 3.05) is 0 Å². The summed E-state index contributed by atoms with van der Waals surface area (Å²) in [6.07, 6.45) is 1.60. The number of carboxylic acids is 1. The third-order valence-electron chi connectivity index (χ3n) is 2.14. The standard InChI is InChI=1S/C12H14BrNO2.Na.H/c1-8(2)11(12(15)16)14-7-9-3-5-10(13)6-4-9;;/h3-8,11H,1-2H3,(H,15,16);;. The monoisotopic (exact) mass is 307 g/mol. The summed E-state index contributed by atoms with van der Waals surface area (Å²) in [7, 11) is 0. The molecule has 0 amide bonds. The van der Waals surface area contributed by atoms with Gasteiger partial charge in [0, 0.05) is 10.7 Å². The van der Waals surface area contributed by atoms with Gasteiger partial charge in [0.15, 0.2) is 0 Å². The van der Waals surface area contributed by atoms with E-state index in [0.717, 1.165) is 10.0 Å². The topological polar surface area (TPSA) is 49.7 Å². The number of hydrogen-bond acceptors (Lipinski definition) is 2. The maximum absolute atomic E-state index is 10.9. The predicted octanol–water partition coefficient (Wildman–Crippen LogP) is 2.33. The molecule has 0 aliphatic rings. The molecule has 0 aliphatic heterocycles. The Balaban J connectivity index is 0.00000256. The zero-order valence-corrected chi connectivity index (χ0v) is 10.8. The van der Waals surface area contributed by atoms with E-state index >= 15 is 0 Å². The Hall–Kier alpha value is -0.160. The van der Waals surface area contributed by atoms with Crippen molar-refractivity contribution in [3.8, 4) is 0 Å². The van der Waals surface area contributed by atoms with Gasteiger partial charge in [0.25, 0.3) is 0 Å². The van der Waals surface area contributed by atoms with E-state index in [0.29, 0.717) is 0 Å². The van der Waals surface area contributed by atoms with Crippen molar-refractivity contribution in [2.24, 2.45) is 10.9 Å². The summed E-state index contributed by atoms with van der Waals surface area (Å²) in [4.78, 5) is 15.0. The number of aliphatic carboxylic acids is 1. The van der Waals surface area contributed by atoms with Gasteiger partial charge >= 0.3 is 35.5 Å². The average Bonchev–Trinajstić information content (AvgIpc) is 2.20. The quantitative estimate of drug-likeness (QED) is 0.685. The van der Waals surface area contributed by atoms with Crippen LogP contribution in [0.4, 0.5) is 0 Å². The Bertz CT molecular complexity index is 390. The van der Waals surface area contributed by atoms with Crippen LogP contribution in [0.15, 0.2) is 33.7 Å². The van der Waals surface area contributed by atoms with Crippen molar-refractivity contribution in [3.63, 3.8) is 0 Å². The van der Waals surface area contributed by atoms with E-state index in [1.807, 2.05) is 38.1 Å². The van der Waals surface area contributed by atoms with Crippen LogP contribution in [0, 0.1) is 5.92 Å². The van der Waals surface area contributed by atoms with Crippen LogP contribution in [-0.2, 0) is 4.79 Å². The predicted molar refractivity (Wildman–Crippen MR) is 75.1 cm³/mol. The molecule has 17 heavy (non-hydrogen) atoms. The maximum atomic E-state index is 10.9. The van der Waals surface area contributed by atoms with E-state index in [1.54, 1.807) is 6.21 Å². The molecule has 0 saturated carbocycles. The number of carbonyl (C=O) groups is 1. The van der Waals surface area contributed by atoms with E-state index in [1.165, 1.54) is 0 Å². The molecule has 1 rings (SSSR count). The van der Waals surface area contributed by atoms with Gasteiger partial charge in [-0.15, -0.1) is 0 Å². The molecule has 1 atom stereocenters. The van der Waals surface area contributed by atoms with Crippen molar-refractivity contribution < 1.29 is 9.90 Å². The van der Waals surface area contributed by atoms with Crippen molar-refractivity contribution >= 4 is 57.7 Å². The number of hydrogen-bond donors (Lipinski definition) is 1. The summed E-state index contributed by atoms with van der Waals surface area (Å²) in [6.45, 7) is 3.69. The van der Waals surface area contributed by atoms with Gasteiger partial charge in [-0.1, -0.05) is 41.9 Å². The van der Waals surface area contributed by atoms with Gasteiger partial charge < -0.3 is 5.11 Å². The summed E-state index contributed by atoms with van der Waals surface area (Å²) in [5.74, 6) is -0.896. The molecule has 0 bridgehead atoms. The van der Waals surface area contributed by atoms with E-state index in [2.05, 4.69) is 20.9 Å². The Morgan fingerprint density at radius 1 is 1.35 bits per heavy atom. The average molecular weight is 308 g/mol. The second-order valence-electron chi connectivity index (χ2n) is 3.86. The summed E-state index contributed by atoms with van der Waals surface area (Å²) in [5.41, 5.74) is 0.898. The van der Waals surface area contributed by atoms with Gasteiger partial charge in [0.1, 0.15) is 6.04 Å². The van der Waals surface area contributed by atoms with Crippen molar-refractivity contribution in [2.45, 2.75) is 19.9 Å². The second-order valence-corrected chi connectivity index (χ2v) is 4.77. The van der Waals surface area contributed by atoms with Crippen LogP contribution in [0.5, 0.6) is 0 Å². The molecule has 0 aliphatic carbocycles. The molecule has 0 radical (unpaired) electrons. The molecule has 0 aromatic heterocycles. The Morgan fingerprint density at radius 3 is 2.29 bits per heavy atom.